The molecule has 100 valence electrons. The number of aliphatic hydroxyl groups excluding tert-OH is 1. The molecule has 5 nitrogen and oxygen atoms in total. The van der Waals surface area contributed by atoms with Gasteiger partial charge in [0, 0.05) is 17.6 Å². The van der Waals surface area contributed by atoms with Crippen LogP contribution in [0.3, 0.4) is 0 Å². The van der Waals surface area contributed by atoms with E-state index in [2.05, 4.69) is 15.6 Å². The van der Waals surface area contributed by atoms with Gasteiger partial charge in [-0.2, -0.15) is 0 Å². The van der Waals surface area contributed by atoms with Gasteiger partial charge >= 0.3 is 0 Å². The molecule has 0 unspecified atom stereocenters. The number of rotatable bonds is 4. The summed E-state index contributed by atoms with van der Waals surface area (Å²) in [4.78, 5) is 16.4. The minimum atomic E-state index is -0.414. The summed E-state index contributed by atoms with van der Waals surface area (Å²) in [6.07, 6.45) is 0.885. The Kier molecular flexibility index (Phi) is 4.31. The first kappa shape index (κ1) is 13.5. The van der Waals surface area contributed by atoms with Crippen molar-refractivity contribution in [1.29, 1.82) is 0 Å². The van der Waals surface area contributed by atoms with Crippen molar-refractivity contribution < 1.29 is 9.90 Å². The molecule has 1 aliphatic heterocycles. The first-order valence-corrected chi connectivity index (χ1v) is 7.12. The van der Waals surface area contributed by atoms with Gasteiger partial charge in [0.05, 0.1) is 18.2 Å². The van der Waals surface area contributed by atoms with Crippen molar-refractivity contribution in [2.45, 2.75) is 44.9 Å². The minimum absolute atomic E-state index is 0.0317. The van der Waals surface area contributed by atoms with Gasteiger partial charge in [-0.15, -0.1) is 11.3 Å². The van der Waals surface area contributed by atoms with Crippen molar-refractivity contribution in [3.05, 3.63) is 16.1 Å². The normalized spacial score (nSPS) is 25.1. The molecule has 1 amide bonds. The van der Waals surface area contributed by atoms with Gasteiger partial charge in [0.25, 0.3) is 0 Å². The first-order valence-electron chi connectivity index (χ1n) is 6.24. The van der Waals surface area contributed by atoms with Gasteiger partial charge < -0.3 is 15.7 Å². The molecule has 3 atom stereocenters. The maximum absolute atomic E-state index is 12.0. The van der Waals surface area contributed by atoms with Crippen LogP contribution >= 0.6 is 11.3 Å². The summed E-state index contributed by atoms with van der Waals surface area (Å²) in [5.41, 5.74) is 0.983. The second-order valence-electron chi connectivity index (χ2n) is 4.65. The molecular weight excluding hydrogens is 250 g/mol. The zero-order valence-corrected chi connectivity index (χ0v) is 11.5. The molecule has 0 bridgehead atoms. The molecule has 0 aromatic carbocycles. The Morgan fingerprint density at radius 2 is 2.56 bits per heavy atom. The van der Waals surface area contributed by atoms with E-state index >= 15 is 0 Å². The molecule has 2 rings (SSSR count). The van der Waals surface area contributed by atoms with E-state index in [0.29, 0.717) is 13.0 Å². The third-order valence-electron chi connectivity index (χ3n) is 3.08. The maximum atomic E-state index is 12.0. The number of aromatic nitrogens is 1. The van der Waals surface area contributed by atoms with E-state index in [1.165, 1.54) is 0 Å². The molecule has 1 saturated heterocycles. The van der Waals surface area contributed by atoms with Crippen LogP contribution in [0.25, 0.3) is 0 Å². The molecule has 0 spiro atoms. The number of nitrogens with one attached hydrogen (secondary N) is 2. The lowest BCUT2D eigenvalue weighted by Gasteiger charge is -2.17. The predicted molar refractivity (Wildman–Crippen MR) is 70.4 cm³/mol. The standard InChI is InChI=1S/C12H19N3O2S/c1-3-9(12-14-7(2)6-18-12)15-11(17)10-4-8(16)5-13-10/h6,8-10,13,16H,3-5H2,1-2H3,(H,15,17)/t8-,9+,10+/m1/s1. The van der Waals surface area contributed by atoms with Gasteiger partial charge in [-0.1, -0.05) is 6.92 Å². The predicted octanol–water partition coefficient (Wildman–Crippen LogP) is 0.742. The average Bonchev–Trinajstić information content (AvgIpc) is 2.94. The average molecular weight is 269 g/mol. The number of amides is 1. The SMILES string of the molecule is CC[C@H](NC(=O)[C@@H]1C[C@@H](O)CN1)c1nc(C)cs1. The van der Waals surface area contributed by atoms with Gasteiger partial charge in [0.15, 0.2) is 0 Å². The number of hydrogen-bond donors (Lipinski definition) is 3. The molecule has 1 aromatic heterocycles. The number of aliphatic hydroxyl groups is 1. The number of hydrogen-bond acceptors (Lipinski definition) is 5. The van der Waals surface area contributed by atoms with Crippen LogP contribution in [0.1, 0.15) is 36.5 Å². The summed E-state index contributed by atoms with van der Waals surface area (Å²) in [6.45, 7) is 4.47. The van der Waals surface area contributed by atoms with Crippen LogP contribution in [0.5, 0.6) is 0 Å². The van der Waals surface area contributed by atoms with Crippen LogP contribution in [-0.4, -0.2) is 34.7 Å². The molecule has 18 heavy (non-hydrogen) atoms. The Morgan fingerprint density at radius 3 is 3.06 bits per heavy atom. The van der Waals surface area contributed by atoms with Gasteiger partial charge in [-0.3, -0.25) is 4.79 Å². The summed E-state index contributed by atoms with van der Waals surface area (Å²) in [5, 5.41) is 18.3. The van der Waals surface area contributed by atoms with E-state index in [-0.39, 0.29) is 18.0 Å². The van der Waals surface area contributed by atoms with Crippen molar-refractivity contribution in [1.82, 2.24) is 15.6 Å². The Hall–Kier alpha value is -0.980. The van der Waals surface area contributed by atoms with Crippen molar-refractivity contribution in [3.63, 3.8) is 0 Å². The summed E-state index contributed by atoms with van der Waals surface area (Å²) < 4.78 is 0. The molecule has 0 radical (unpaired) electrons. The van der Waals surface area contributed by atoms with Gasteiger partial charge in [-0.25, -0.2) is 4.98 Å². The smallest absolute Gasteiger partial charge is 0.237 e. The van der Waals surface area contributed by atoms with Gasteiger partial charge in [-0.05, 0) is 19.8 Å². The third-order valence-corrected chi connectivity index (χ3v) is 4.16. The lowest BCUT2D eigenvalue weighted by Crippen LogP contribution is -2.41. The highest BCUT2D eigenvalue weighted by Crippen LogP contribution is 2.21. The van der Waals surface area contributed by atoms with Crippen molar-refractivity contribution in [2.24, 2.45) is 0 Å². The lowest BCUT2D eigenvalue weighted by molar-refractivity contribution is -0.123. The number of aryl methyl sites for hydroxylation is 1. The fourth-order valence-electron chi connectivity index (χ4n) is 2.06. The summed E-state index contributed by atoms with van der Waals surface area (Å²) in [5.74, 6) is -0.0498. The number of carbonyl (C=O) groups excluding carboxylic acids is 1. The van der Waals surface area contributed by atoms with Crippen LogP contribution in [0, 0.1) is 6.92 Å². The van der Waals surface area contributed by atoms with Crippen LogP contribution in [0.4, 0.5) is 0 Å². The van der Waals surface area contributed by atoms with E-state index in [1.807, 2.05) is 19.2 Å². The Morgan fingerprint density at radius 1 is 1.78 bits per heavy atom. The number of β-amino-alcohol motifs (C(OH)–C–C–N with tert-alkyl or cyclic N) is 1. The Balaban J connectivity index is 1.96. The fraction of sp³-hybridized carbons (Fsp3) is 0.667. The third kappa shape index (κ3) is 3.07. The van der Waals surface area contributed by atoms with E-state index < -0.39 is 6.10 Å². The monoisotopic (exact) mass is 269 g/mol. The molecule has 1 aliphatic rings. The molecule has 1 aromatic rings. The van der Waals surface area contributed by atoms with Crippen LogP contribution in [0.15, 0.2) is 5.38 Å². The van der Waals surface area contributed by atoms with E-state index in [1.54, 1.807) is 11.3 Å². The van der Waals surface area contributed by atoms with Crippen molar-refractivity contribution in [2.75, 3.05) is 6.54 Å². The largest absolute Gasteiger partial charge is 0.392 e. The minimum Gasteiger partial charge on any atom is -0.392 e. The highest BCUT2D eigenvalue weighted by atomic mass is 32.1. The molecule has 1 fully saturated rings. The van der Waals surface area contributed by atoms with Crippen molar-refractivity contribution >= 4 is 17.2 Å². The number of nitrogens with zero attached hydrogens (tertiary/aromatic N) is 1. The molecular formula is C12H19N3O2S. The second kappa shape index (κ2) is 5.77. The molecule has 6 heteroatoms. The second-order valence-corrected chi connectivity index (χ2v) is 5.54. The topological polar surface area (TPSA) is 74.2 Å². The Bertz CT molecular complexity index is 421. The Labute approximate surface area is 111 Å². The number of thiazole rings is 1. The van der Waals surface area contributed by atoms with Gasteiger partial charge in [0.1, 0.15) is 5.01 Å². The summed E-state index contributed by atoms with van der Waals surface area (Å²) >= 11 is 1.57. The quantitative estimate of drug-likeness (QED) is 0.754. The van der Waals surface area contributed by atoms with Gasteiger partial charge in [0.2, 0.25) is 5.91 Å². The van der Waals surface area contributed by atoms with Crippen LogP contribution in [0.2, 0.25) is 0 Å². The van der Waals surface area contributed by atoms with E-state index in [9.17, 15) is 9.90 Å². The fourth-order valence-corrected chi connectivity index (χ4v) is 2.99. The summed E-state index contributed by atoms with van der Waals surface area (Å²) in [7, 11) is 0. The zero-order chi connectivity index (χ0) is 13.1. The maximum Gasteiger partial charge on any atom is 0.237 e. The lowest BCUT2D eigenvalue weighted by atomic mass is 10.1. The molecule has 2 heterocycles. The highest BCUT2D eigenvalue weighted by Gasteiger charge is 2.29. The zero-order valence-electron chi connectivity index (χ0n) is 10.6. The highest BCUT2D eigenvalue weighted by molar-refractivity contribution is 7.09. The first-order chi connectivity index (χ1) is 8.60. The molecule has 0 saturated carbocycles. The number of carbonyl (C=O) groups is 1. The van der Waals surface area contributed by atoms with Crippen molar-refractivity contribution in [3.8, 4) is 0 Å². The van der Waals surface area contributed by atoms with E-state index in [0.717, 1.165) is 17.1 Å². The van der Waals surface area contributed by atoms with E-state index in [4.69, 9.17) is 0 Å². The van der Waals surface area contributed by atoms with Crippen LogP contribution in [-0.2, 0) is 4.79 Å². The van der Waals surface area contributed by atoms with Crippen LogP contribution < -0.4 is 10.6 Å². The summed E-state index contributed by atoms with van der Waals surface area (Å²) in [6, 6.07) is -0.314. The molecule has 3 N–H and O–H groups in total. The molecule has 0 aliphatic carbocycles.